The maximum atomic E-state index is 14.4. The van der Waals surface area contributed by atoms with Gasteiger partial charge in [0.05, 0.1) is 18.8 Å². The lowest BCUT2D eigenvalue weighted by Crippen LogP contribution is -2.16. The van der Waals surface area contributed by atoms with E-state index in [1.807, 2.05) is 0 Å². The van der Waals surface area contributed by atoms with Gasteiger partial charge in [-0.3, -0.25) is 0 Å². The minimum atomic E-state index is -1.62. The Morgan fingerprint density at radius 2 is 1.52 bits per heavy atom. The van der Waals surface area contributed by atoms with Gasteiger partial charge in [0.25, 0.3) is 0 Å². The molecule has 0 radical (unpaired) electrons. The summed E-state index contributed by atoms with van der Waals surface area (Å²) in [6, 6.07) is 8.80. The molecule has 0 aliphatic rings. The first-order valence-electron chi connectivity index (χ1n) is 6.76. The molecule has 2 aromatic carbocycles. The van der Waals surface area contributed by atoms with E-state index < -0.39 is 53.2 Å². The van der Waals surface area contributed by atoms with E-state index in [9.17, 15) is 23.8 Å². The average molecular weight is 323 g/mol. The smallest absolute Gasteiger partial charge is 0.336 e. The maximum Gasteiger partial charge on any atom is 0.336 e. The molecule has 0 bridgehead atoms. The highest BCUT2D eigenvalue weighted by Crippen LogP contribution is 2.31. The number of aromatic carboxylic acids is 1. The van der Waals surface area contributed by atoms with Crippen LogP contribution in [0.25, 0.3) is 0 Å². The molecule has 0 aliphatic carbocycles. The van der Waals surface area contributed by atoms with Gasteiger partial charge in [0.15, 0.2) is 11.6 Å². The van der Waals surface area contributed by atoms with Crippen molar-refractivity contribution in [2.45, 2.75) is 19.8 Å². The summed E-state index contributed by atoms with van der Waals surface area (Å²) < 4.78 is 28.7. The summed E-state index contributed by atoms with van der Waals surface area (Å²) in [5, 5.41) is 30.1. The van der Waals surface area contributed by atoms with E-state index in [4.69, 9.17) is 5.11 Å². The zero-order valence-electron chi connectivity index (χ0n) is 12.0. The molecule has 0 amide bonds. The number of nitrogens with one attached hydrogen (secondary N) is 1. The normalized spacial score (nSPS) is 10.6. The summed E-state index contributed by atoms with van der Waals surface area (Å²) in [6.07, 6.45) is 0. The molecule has 122 valence electrons. The molecule has 0 heterocycles. The van der Waals surface area contributed by atoms with Crippen molar-refractivity contribution in [2.24, 2.45) is 0 Å². The average Bonchev–Trinajstić information content (AvgIpc) is 2.55. The minimum Gasteiger partial charge on any atom is -0.478 e. The third-order valence-electron chi connectivity index (χ3n) is 3.41. The molecule has 4 N–H and O–H groups in total. The molecule has 0 aliphatic heterocycles. The number of carboxylic acids is 1. The summed E-state index contributed by atoms with van der Waals surface area (Å²) in [5.41, 5.74) is -1.72. The predicted octanol–water partition coefficient (Wildman–Crippen LogP) is 2.26. The Balaban J connectivity index is 2.49. The first-order chi connectivity index (χ1) is 11.0. The molecule has 7 heteroatoms. The Morgan fingerprint density at radius 1 is 1.00 bits per heavy atom. The van der Waals surface area contributed by atoms with Gasteiger partial charge in [-0.2, -0.15) is 0 Å². The summed E-state index contributed by atoms with van der Waals surface area (Å²) >= 11 is 0. The topological polar surface area (TPSA) is 89.8 Å². The van der Waals surface area contributed by atoms with E-state index >= 15 is 0 Å². The van der Waals surface area contributed by atoms with Gasteiger partial charge in [0.1, 0.15) is 5.69 Å². The van der Waals surface area contributed by atoms with Gasteiger partial charge in [0.2, 0.25) is 0 Å². The zero-order valence-corrected chi connectivity index (χ0v) is 12.0. The number of aliphatic hydroxyl groups excluding tert-OH is 2. The maximum absolute atomic E-state index is 14.4. The van der Waals surface area contributed by atoms with E-state index in [0.29, 0.717) is 0 Å². The number of carbonyl (C=O) groups is 1. The monoisotopic (exact) mass is 323 g/mol. The van der Waals surface area contributed by atoms with Crippen LogP contribution in [0.2, 0.25) is 0 Å². The van der Waals surface area contributed by atoms with Crippen LogP contribution in [0.4, 0.5) is 14.5 Å². The molecule has 0 saturated carbocycles. The van der Waals surface area contributed by atoms with Gasteiger partial charge in [-0.15, -0.1) is 0 Å². The molecule has 0 fully saturated rings. The van der Waals surface area contributed by atoms with Crippen molar-refractivity contribution in [3.05, 3.63) is 64.2 Å². The van der Waals surface area contributed by atoms with Crippen LogP contribution in [0.1, 0.15) is 27.0 Å². The van der Waals surface area contributed by atoms with Crippen molar-refractivity contribution < 1.29 is 28.9 Å². The van der Waals surface area contributed by atoms with E-state index in [1.165, 1.54) is 0 Å². The van der Waals surface area contributed by atoms with E-state index in [2.05, 4.69) is 5.32 Å². The number of benzene rings is 2. The molecule has 0 unspecified atom stereocenters. The number of rotatable bonds is 6. The number of carboxylic acid groups (broad SMARTS) is 1. The lowest BCUT2D eigenvalue weighted by molar-refractivity contribution is 0.0687. The molecule has 0 atom stereocenters. The van der Waals surface area contributed by atoms with Crippen LogP contribution in [-0.4, -0.2) is 21.3 Å². The van der Waals surface area contributed by atoms with Crippen molar-refractivity contribution in [3.63, 3.8) is 0 Å². The van der Waals surface area contributed by atoms with Gasteiger partial charge in [-0.25, -0.2) is 13.6 Å². The van der Waals surface area contributed by atoms with Crippen LogP contribution in [-0.2, 0) is 19.8 Å². The van der Waals surface area contributed by atoms with Crippen LogP contribution in [0.15, 0.2) is 30.3 Å². The van der Waals surface area contributed by atoms with Crippen molar-refractivity contribution in [2.75, 3.05) is 5.32 Å². The third kappa shape index (κ3) is 3.30. The Morgan fingerprint density at radius 3 is 1.96 bits per heavy atom. The van der Waals surface area contributed by atoms with Crippen LogP contribution in [0.3, 0.4) is 0 Å². The number of hydrogen-bond acceptors (Lipinski definition) is 4. The first-order valence-corrected chi connectivity index (χ1v) is 6.76. The highest BCUT2D eigenvalue weighted by molar-refractivity contribution is 5.92. The van der Waals surface area contributed by atoms with Gasteiger partial charge in [0, 0.05) is 17.7 Å². The number of anilines is 1. The van der Waals surface area contributed by atoms with Gasteiger partial charge < -0.3 is 20.6 Å². The van der Waals surface area contributed by atoms with Crippen LogP contribution < -0.4 is 5.32 Å². The standard InChI is InChI=1S/C16H15F2NO4/c17-13-10(7-20)12(16(22)23)11(8-21)14(18)15(13)19-6-9-4-2-1-3-5-9/h1-5,19-21H,6-8H2,(H,22,23). The van der Waals surface area contributed by atoms with Crippen molar-refractivity contribution >= 4 is 11.7 Å². The number of hydrogen-bond donors (Lipinski definition) is 4. The van der Waals surface area contributed by atoms with Gasteiger partial charge >= 0.3 is 5.97 Å². The molecule has 5 nitrogen and oxygen atoms in total. The molecule has 0 saturated heterocycles. The van der Waals surface area contributed by atoms with Crippen molar-refractivity contribution in [3.8, 4) is 0 Å². The first kappa shape index (κ1) is 16.9. The summed E-state index contributed by atoms with van der Waals surface area (Å²) in [7, 11) is 0. The Bertz CT molecular complexity index is 689. The second-order valence-corrected chi connectivity index (χ2v) is 4.80. The van der Waals surface area contributed by atoms with Crippen LogP contribution in [0, 0.1) is 11.6 Å². The van der Waals surface area contributed by atoms with Crippen molar-refractivity contribution in [1.29, 1.82) is 0 Å². The predicted molar refractivity (Wildman–Crippen MR) is 78.9 cm³/mol. The van der Waals surface area contributed by atoms with Crippen molar-refractivity contribution in [1.82, 2.24) is 0 Å². The lowest BCUT2D eigenvalue weighted by Gasteiger charge is -2.17. The summed E-state index contributed by atoms with van der Waals surface area (Å²) in [4.78, 5) is 11.2. The van der Waals surface area contributed by atoms with E-state index in [0.717, 1.165) is 5.56 Å². The molecule has 2 rings (SSSR count). The number of aliphatic hydroxyl groups is 2. The second kappa shape index (κ2) is 7.17. The second-order valence-electron chi connectivity index (χ2n) is 4.80. The van der Waals surface area contributed by atoms with Gasteiger partial charge in [-0.1, -0.05) is 30.3 Å². The Labute approximate surface area is 130 Å². The largest absolute Gasteiger partial charge is 0.478 e. The fourth-order valence-corrected chi connectivity index (χ4v) is 2.30. The summed E-state index contributed by atoms with van der Waals surface area (Å²) in [5.74, 6) is -3.99. The highest BCUT2D eigenvalue weighted by atomic mass is 19.1. The van der Waals surface area contributed by atoms with Gasteiger partial charge in [-0.05, 0) is 5.56 Å². The molecular weight excluding hydrogens is 308 g/mol. The number of halogens is 2. The Hall–Kier alpha value is -2.51. The fraction of sp³-hybridized carbons (Fsp3) is 0.188. The molecule has 2 aromatic rings. The third-order valence-corrected chi connectivity index (χ3v) is 3.41. The SMILES string of the molecule is O=C(O)c1c(CO)c(F)c(NCc2ccccc2)c(F)c1CO. The zero-order chi connectivity index (χ0) is 17.0. The van der Waals surface area contributed by atoms with Crippen LogP contribution in [0.5, 0.6) is 0 Å². The van der Waals surface area contributed by atoms with E-state index in [-0.39, 0.29) is 6.54 Å². The highest BCUT2D eigenvalue weighted by Gasteiger charge is 2.27. The van der Waals surface area contributed by atoms with E-state index in [1.54, 1.807) is 30.3 Å². The minimum absolute atomic E-state index is 0.0941. The van der Waals surface area contributed by atoms with Crippen LogP contribution >= 0.6 is 0 Å². The summed E-state index contributed by atoms with van der Waals surface area (Å²) in [6.45, 7) is -1.77. The molecule has 23 heavy (non-hydrogen) atoms. The molecule has 0 spiro atoms. The Kier molecular flexibility index (Phi) is 5.25. The quantitative estimate of drug-likeness (QED) is 0.655. The fourth-order valence-electron chi connectivity index (χ4n) is 2.30. The molecule has 0 aromatic heterocycles. The lowest BCUT2D eigenvalue weighted by atomic mass is 9.98. The molecular formula is C16H15F2NO4.